The van der Waals surface area contributed by atoms with E-state index in [1.165, 1.54) is 12.2 Å². The molecular weight excluding hydrogens is 811 g/mol. The monoisotopic (exact) mass is 832 g/mol. The van der Waals surface area contributed by atoms with E-state index in [2.05, 4.69) is 46.9 Å². The summed E-state index contributed by atoms with van der Waals surface area (Å²) in [6.07, 6.45) is 9.77. The molecule has 0 bridgehead atoms. The molecule has 2 saturated heterocycles. The molecule has 3 heterocycles. The van der Waals surface area contributed by atoms with Crippen molar-refractivity contribution < 1.29 is 78.1 Å². The normalized spacial score (nSPS) is 19.2. The van der Waals surface area contributed by atoms with Gasteiger partial charge in [-0.2, -0.15) is 42.2 Å². The summed E-state index contributed by atoms with van der Waals surface area (Å²) in [5.74, 6) is -6.37. The van der Waals surface area contributed by atoms with Gasteiger partial charge in [0.1, 0.15) is 18.3 Å². The molecule has 16 nitrogen and oxygen atoms in total. The Morgan fingerprint density at radius 3 is 1.23 bits per heavy atom. The Balaban J connectivity index is 0. The molecular formula is C24H24AlBr3O16. The van der Waals surface area contributed by atoms with Crippen LogP contribution in [0.4, 0.5) is 0 Å². The highest BCUT2D eigenvalue weighted by molar-refractivity contribution is 9.69. The van der Waals surface area contributed by atoms with Crippen LogP contribution in [0.1, 0.15) is 19.3 Å². The fraction of sp³-hybridized carbons (Fsp3) is 0.250. The lowest BCUT2D eigenvalue weighted by atomic mass is 10.2. The van der Waals surface area contributed by atoms with Crippen molar-refractivity contribution in [2.24, 2.45) is 0 Å². The van der Waals surface area contributed by atoms with Gasteiger partial charge in [-0.25, -0.2) is 24.0 Å². The molecule has 0 saturated carbocycles. The van der Waals surface area contributed by atoms with E-state index < -0.39 is 50.6 Å². The van der Waals surface area contributed by atoms with Crippen molar-refractivity contribution in [1.29, 1.82) is 0 Å². The Morgan fingerprint density at radius 2 is 1.00 bits per heavy atom. The van der Waals surface area contributed by atoms with Gasteiger partial charge in [0.05, 0.1) is 19.3 Å². The summed E-state index contributed by atoms with van der Waals surface area (Å²) < 4.78 is 14.1. The molecule has 3 rings (SSSR count). The van der Waals surface area contributed by atoms with Crippen molar-refractivity contribution in [3.8, 4) is 0 Å². The smallest absolute Gasteiger partial charge is 0.481 e. The summed E-state index contributed by atoms with van der Waals surface area (Å²) in [6.45, 7) is 0. The number of cyclic esters (lactones) is 1. The lowest BCUT2D eigenvalue weighted by Crippen LogP contribution is -2.13. The molecule has 2 fully saturated rings. The summed E-state index contributed by atoms with van der Waals surface area (Å²) in [5.41, 5.74) is 0. The molecule has 5 N–H and O–H groups in total. The lowest BCUT2D eigenvalue weighted by molar-refractivity contribution is -0.146. The van der Waals surface area contributed by atoms with Crippen LogP contribution in [-0.4, -0.2) is 100 Å². The van der Waals surface area contributed by atoms with Gasteiger partial charge in [-0.15, -0.1) is 0 Å². The number of carbonyl (C=O) groups is 8. The first kappa shape index (κ1) is 42.6. The minimum Gasteiger partial charge on any atom is -0.481 e. The molecule has 3 aliphatic heterocycles. The topological polar surface area (TPSA) is 265 Å². The number of allylic oxidation sites excluding steroid dienone is 4. The van der Waals surface area contributed by atoms with Crippen LogP contribution >= 0.6 is 42.2 Å². The molecule has 0 amide bonds. The van der Waals surface area contributed by atoms with E-state index in [0.29, 0.717) is 0 Å². The maximum Gasteiger partial charge on any atom is 0.542 e. The maximum atomic E-state index is 10.5. The molecule has 0 spiro atoms. The third-order valence-corrected chi connectivity index (χ3v) is 3.98. The van der Waals surface area contributed by atoms with Crippen LogP contribution in [0.2, 0.25) is 0 Å². The summed E-state index contributed by atoms with van der Waals surface area (Å²) >= 11 is 9.73. The second-order valence-corrected chi connectivity index (χ2v) is 27.2. The molecule has 3 aliphatic rings. The highest BCUT2D eigenvalue weighted by atomic mass is 80.0. The number of carbonyl (C=O) groups excluding carboxylic acids is 3. The van der Waals surface area contributed by atoms with Gasteiger partial charge in [-0.3, -0.25) is 14.4 Å². The van der Waals surface area contributed by atoms with Crippen LogP contribution < -0.4 is 0 Å². The molecule has 0 aromatic rings. The predicted octanol–water partition coefficient (Wildman–Crippen LogP) is 2.25. The first-order valence-electron chi connectivity index (χ1n) is 11.5. The number of hydrogen-bond acceptors (Lipinski definition) is 11. The molecule has 240 valence electrons. The van der Waals surface area contributed by atoms with Gasteiger partial charge in [-0.1, -0.05) is 24.3 Å². The van der Waals surface area contributed by atoms with Crippen LogP contribution in [0.15, 0.2) is 60.8 Å². The Bertz CT molecular complexity index is 1060. The second kappa shape index (κ2) is 24.8. The molecule has 20 heteroatoms. The minimum atomic E-state index is -1.10. The van der Waals surface area contributed by atoms with Crippen molar-refractivity contribution in [2.45, 2.75) is 37.6 Å². The third-order valence-electron chi connectivity index (χ3n) is 3.98. The number of rotatable bonds is 8. The molecule has 0 aliphatic carbocycles. The van der Waals surface area contributed by atoms with E-state index in [1.54, 1.807) is 0 Å². The fourth-order valence-corrected chi connectivity index (χ4v) is 2.51. The van der Waals surface area contributed by atoms with Crippen LogP contribution in [0.5, 0.6) is 0 Å². The summed E-state index contributed by atoms with van der Waals surface area (Å²) in [6, 6.07) is 0. The summed E-state index contributed by atoms with van der Waals surface area (Å²) in [5, 5.41) is 40.3. The molecule has 3 atom stereocenters. The van der Waals surface area contributed by atoms with Crippen LogP contribution in [0.3, 0.4) is 0 Å². The van der Waals surface area contributed by atoms with Crippen molar-refractivity contribution >= 4 is 98.6 Å². The van der Waals surface area contributed by atoms with Crippen molar-refractivity contribution in [2.75, 3.05) is 0 Å². The van der Waals surface area contributed by atoms with Gasteiger partial charge in [0.2, 0.25) is 0 Å². The van der Waals surface area contributed by atoms with Crippen LogP contribution in [0, 0.1) is 0 Å². The maximum absolute atomic E-state index is 10.5. The van der Waals surface area contributed by atoms with E-state index in [9.17, 15) is 38.4 Å². The van der Waals surface area contributed by atoms with E-state index in [-0.39, 0.29) is 43.4 Å². The summed E-state index contributed by atoms with van der Waals surface area (Å²) in [4.78, 5) is 80.6. The Labute approximate surface area is 273 Å². The second-order valence-electron chi connectivity index (χ2n) is 7.43. The quantitative estimate of drug-likeness (QED) is 0.0772. The highest BCUT2D eigenvalue weighted by Crippen LogP contribution is 2.27. The van der Waals surface area contributed by atoms with Crippen LogP contribution in [-0.2, 0) is 52.6 Å². The van der Waals surface area contributed by atoms with Gasteiger partial charge < -0.3 is 39.7 Å². The zero-order valence-corrected chi connectivity index (χ0v) is 28.0. The standard InChI is InChI=1S/4C6H6O4.Al.3BrH/c7-5-1-3-4(10-5)2-6(8)9-3;7-5(8)3-4-1-2-6(9)10-4;2*7-5(8)3-1-2-4-6(9)10;;;;/h3-4H,1-2H2;1-2,4H,3H2,(H,7,8);2*1-4H,(H,7,8)(H,9,10);;3*1H/q;;;;+3;;;/p-3/b;;3-1+,4-2+;3-1-,4-2+;;;;. The van der Waals surface area contributed by atoms with Crippen LogP contribution in [0.25, 0.3) is 0 Å². The predicted molar refractivity (Wildman–Crippen MR) is 160 cm³/mol. The number of fused-ring (bicyclic) bond motifs is 1. The zero-order chi connectivity index (χ0) is 34.2. The SMILES string of the molecule is O=C(O)/C=C/C=C/C(=O)O.O=C(O)/C=C\C=C\C(=O)O.O=C(O)CC1C=CC(=O)O1.O=C1CC2OC(=O)CC2O1.[Br][Al]([Br])[Br]. The molecule has 0 aromatic heterocycles. The lowest BCUT2D eigenvalue weighted by Gasteiger charge is -2.02. The first-order chi connectivity index (χ1) is 20.4. The van der Waals surface area contributed by atoms with Gasteiger partial charge in [0, 0.05) is 30.4 Å². The Kier molecular flexibility index (Phi) is 24.0. The average Bonchev–Trinajstić information content (AvgIpc) is 3.53. The largest absolute Gasteiger partial charge is 0.542 e. The van der Waals surface area contributed by atoms with Gasteiger partial charge in [0.25, 0.3) is 0 Å². The summed E-state index contributed by atoms with van der Waals surface area (Å²) in [7, 11) is -0.701. The Morgan fingerprint density at radius 1 is 0.682 bits per heavy atom. The van der Waals surface area contributed by atoms with Crippen molar-refractivity contribution in [3.63, 3.8) is 0 Å². The average molecular weight is 835 g/mol. The number of carboxylic acids is 5. The fourth-order valence-electron chi connectivity index (χ4n) is 2.51. The van der Waals surface area contributed by atoms with Crippen molar-refractivity contribution in [1.82, 2.24) is 0 Å². The van der Waals surface area contributed by atoms with E-state index in [4.69, 9.17) is 35.0 Å². The zero-order valence-electron chi connectivity index (χ0n) is 22.1. The molecule has 3 unspecified atom stereocenters. The Hall–Kier alpha value is -3.57. The number of esters is 3. The van der Waals surface area contributed by atoms with Crippen molar-refractivity contribution in [3.05, 3.63) is 60.8 Å². The van der Waals surface area contributed by atoms with Gasteiger partial charge in [-0.05, 0) is 6.08 Å². The molecule has 44 heavy (non-hydrogen) atoms. The van der Waals surface area contributed by atoms with E-state index in [1.807, 2.05) is 0 Å². The minimum absolute atomic E-state index is 0.151. The molecule has 0 aromatic carbocycles. The third kappa shape index (κ3) is 28.5. The first-order valence-corrected chi connectivity index (χ1v) is 21.0. The number of carboxylic acid groups (broad SMARTS) is 5. The van der Waals surface area contributed by atoms with Gasteiger partial charge >= 0.3 is 56.4 Å². The van der Waals surface area contributed by atoms with E-state index in [0.717, 1.165) is 48.6 Å². The number of hydrogen-bond donors (Lipinski definition) is 5. The highest BCUT2D eigenvalue weighted by Gasteiger charge is 2.44. The molecule has 0 radical (unpaired) electrons. The van der Waals surface area contributed by atoms with E-state index >= 15 is 0 Å². The number of aliphatic carboxylic acids is 5. The number of ether oxygens (including phenoxy) is 3. The van der Waals surface area contributed by atoms with Gasteiger partial charge in [0.15, 0.2) is 0 Å². The number of halogens is 3.